The Bertz CT molecular complexity index is 925. The zero-order valence-corrected chi connectivity index (χ0v) is 17.3. The van der Waals surface area contributed by atoms with E-state index in [9.17, 15) is 17.6 Å². The first-order valence-electron chi connectivity index (χ1n) is 9.09. The van der Waals surface area contributed by atoms with E-state index in [1.807, 2.05) is 31.2 Å². The van der Waals surface area contributed by atoms with Crippen molar-refractivity contribution in [3.63, 3.8) is 0 Å². The summed E-state index contributed by atoms with van der Waals surface area (Å²) in [7, 11) is -3.74. The highest BCUT2D eigenvalue weighted by atomic mass is 32.2. The highest BCUT2D eigenvalue weighted by Gasteiger charge is 2.30. The maximum Gasteiger partial charge on any atom is 0.243 e. The van der Waals surface area contributed by atoms with Crippen LogP contribution in [-0.4, -0.2) is 55.5 Å². The Kier molecular flexibility index (Phi) is 6.74. The van der Waals surface area contributed by atoms with E-state index in [0.717, 1.165) is 11.0 Å². The Morgan fingerprint density at radius 1 is 1.07 bits per heavy atom. The molecule has 2 aromatic carbocycles. The fraction of sp³-hybridized carbons (Fsp3) is 0.350. The van der Waals surface area contributed by atoms with Gasteiger partial charge in [0.2, 0.25) is 15.9 Å². The predicted octanol–water partition coefficient (Wildman–Crippen LogP) is 3.15. The van der Waals surface area contributed by atoms with E-state index in [-0.39, 0.29) is 23.9 Å². The number of aryl methyl sites for hydroxylation is 1. The molecule has 0 aliphatic carbocycles. The number of carbonyl (C=O) groups is 1. The number of benzene rings is 2. The number of piperazine rings is 1. The van der Waals surface area contributed by atoms with E-state index < -0.39 is 15.8 Å². The SMILES string of the molecule is Cc1ccc(SCCC(=O)N2CCN(S(=O)(=O)c3cccc(F)c3)CC2)cc1. The van der Waals surface area contributed by atoms with Gasteiger partial charge in [0.15, 0.2) is 0 Å². The number of hydrogen-bond donors (Lipinski definition) is 0. The molecule has 0 spiro atoms. The van der Waals surface area contributed by atoms with E-state index in [2.05, 4.69) is 0 Å². The Morgan fingerprint density at radius 2 is 1.75 bits per heavy atom. The van der Waals surface area contributed by atoms with Gasteiger partial charge >= 0.3 is 0 Å². The predicted molar refractivity (Wildman–Crippen MR) is 108 cm³/mol. The van der Waals surface area contributed by atoms with E-state index in [0.29, 0.717) is 25.3 Å². The van der Waals surface area contributed by atoms with E-state index in [4.69, 9.17) is 0 Å². The number of sulfonamides is 1. The van der Waals surface area contributed by atoms with Crippen LogP contribution in [0, 0.1) is 12.7 Å². The molecule has 28 heavy (non-hydrogen) atoms. The largest absolute Gasteiger partial charge is 0.340 e. The van der Waals surface area contributed by atoms with Gasteiger partial charge in [0.1, 0.15) is 5.82 Å². The van der Waals surface area contributed by atoms with Crippen LogP contribution in [-0.2, 0) is 14.8 Å². The Hall–Kier alpha value is -1.90. The fourth-order valence-corrected chi connectivity index (χ4v) is 5.30. The number of thioether (sulfide) groups is 1. The molecule has 8 heteroatoms. The lowest BCUT2D eigenvalue weighted by Gasteiger charge is -2.34. The number of hydrogen-bond acceptors (Lipinski definition) is 4. The van der Waals surface area contributed by atoms with Crippen LogP contribution in [0.1, 0.15) is 12.0 Å². The lowest BCUT2D eigenvalue weighted by Crippen LogP contribution is -2.50. The van der Waals surface area contributed by atoms with E-state index in [1.54, 1.807) is 16.7 Å². The summed E-state index contributed by atoms with van der Waals surface area (Å²) in [4.78, 5) is 15.2. The van der Waals surface area contributed by atoms with Gasteiger partial charge in [-0.2, -0.15) is 4.31 Å². The van der Waals surface area contributed by atoms with Crippen molar-refractivity contribution in [1.29, 1.82) is 0 Å². The van der Waals surface area contributed by atoms with Crippen LogP contribution in [0.5, 0.6) is 0 Å². The van der Waals surface area contributed by atoms with Crippen molar-refractivity contribution in [2.45, 2.75) is 23.1 Å². The van der Waals surface area contributed by atoms with Crippen LogP contribution < -0.4 is 0 Å². The summed E-state index contributed by atoms with van der Waals surface area (Å²) in [5.41, 5.74) is 1.20. The smallest absolute Gasteiger partial charge is 0.243 e. The quantitative estimate of drug-likeness (QED) is 0.671. The van der Waals surface area contributed by atoms with Crippen molar-refractivity contribution in [2.75, 3.05) is 31.9 Å². The molecular formula is C20H23FN2O3S2. The molecule has 0 radical (unpaired) electrons. The van der Waals surface area contributed by atoms with Crippen molar-refractivity contribution in [1.82, 2.24) is 9.21 Å². The van der Waals surface area contributed by atoms with Gasteiger partial charge in [-0.05, 0) is 37.3 Å². The van der Waals surface area contributed by atoms with Crippen molar-refractivity contribution < 1.29 is 17.6 Å². The van der Waals surface area contributed by atoms with E-state index in [1.165, 1.54) is 28.1 Å². The van der Waals surface area contributed by atoms with Gasteiger partial charge in [-0.25, -0.2) is 12.8 Å². The van der Waals surface area contributed by atoms with Crippen LogP contribution in [0.25, 0.3) is 0 Å². The van der Waals surface area contributed by atoms with Crippen LogP contribution >= 0.6 is 11.8 Å². The van der Waals surface area contributed by atoms with Crippen molar-refractivity contribution in [3.8, 4) is 0 Å². The van der Waals surface area contributed by atoms with Crippen LogP contribution in [0.15, 0.2) is 58.3 Å². The molecule has 150 valence electrons. The Balaban J connectivity index is 1.49. The van der Waals surface area contributed by atoms with Crippen molar-refractivity contribution in [2.24, 2.45) is 0 Å². The van der Waals surface area contributed by atoms with Gasteiger partial charge in [-0.1, -0.05) is 23.8 Å². The monoisotopic (exact) mass is 422 g/mol. The first-order valence-corrected chi connectivity index (χ1v) is 11.5. The molecule has 1 aliphatic rings. The molecule has 3 rings (SSSR count). The number of rotatable bonds is 6. The van der Waals surface area contributed by atoms with Crippen molar-refractivity contribution >= 4 is 27.7 Å². The normalized spacial score (nSPS) is 15.6. The molecule has 1 heterocycles. The molecule has 1 amide bonds. The second kappa shape index (κ2) is 9.07. The number of amides is 1. The third-order valence-corrected chi connectivity index (χ3v) is 7.54. The van der Waals surface area contributed by atoms with Crippen LogP contribution in [0.3, 0.4) is 0 Å². The average molecular weight is 423 g/mol. The minimum absolute atomic E-state index is 0.0300. The molecule has 0 atom stereocenters. The average Bonchev–Trinajstić information content (AvgIpc) is 2.69. The maximum absolute atomic E-state index is 13.4. The van der Waals surface area contributed by atoms with Gasteiger partial charge < -0.3 is 4.90 Å². The Morgan fingerprint density at radius 3 is 2.39 bits per heavy atom. The van der Waals surface area contributed by atoms with Gasteiger partial charge in [0.05, 0.1) is 4.90 Å². The second-order valence-electron chi connectivity index (χ2n) is 6.65. The minimum Gasteiger partial charge on any atom is -0.340 e. The summed E-state index contributed by atoms with van der Waals surface area (Å²) in [6, 6.07) is 13.2. The minimum atomic E-state index is -3.74. The molecule has 0 saturated carbocycles. The molecule has 5 nitrogen and oxygen atoms in total. The van der Waals surface area contributed by atoms with Crippen LogP contribution in [0.2, 0.25) is 0 Å². The summed E-state index contributed by atoms with van der Waals surface area (Å²) >= 11 is 1.64. The molecule has 1 aliphatic heterocycles. The first kappa shape index (κ1) is 20.8. The summed E-state index contributed by atoms with van der Waals surface area (Å²) in [5.74, 6) is 0.132. The highest BCUT2D eigenvalue weighted by molar-refractivity contribution is 7.99. The zero-order chi connectivity index (χ0) is 20.1. The fourth-order valence-electron chi connectivity index (χ4n) is 3.00. The zero-order valence-electron chi connectivity index (χ0n) is 15.7. The standard InChI is InChI=1S/C20H23FN2O3S2/c1-16-5-7-18(8-6-16)27-14-9-20(24)22-10-12-23(13-11-22)28(25,26)19-4-2-3-17(21)15-19/h2-8,15H,9-14H2,1H3. The topological polar surface area (TPSA) is 57.7 Å². The number of nitrogens with zero attached hydrogens (tertiary/aromatic N) is 2. The number of halogens is 1. The van der Waals surface area contributed by atoms with Crippen LogP contribution in [0.4, 0.5) is 4.39 Å². The summed E-state index contributed by atoms with van der Waals surface area (Å²) < 4.78 is 39.9. The molecule has 1 saturated heterocycles. The lowest BCUT2D eigenvalue weighted by atomic mass is 10.2. The molecule has 0 aromatic heterocycles. The first-order chi connectivity index (χ1) is 13.4. The lowest BCUT2D eigenvalue weighted by molar-refractivity contribution is -0.131. The van der Waals surface area contributed by atoms with E-state index >= 15 is 0 Å². The van der Waals surface area contributed by atoms with Gasteiger partial charge in [-0.15, -0.1) is 11.8 Å². The third kappa shape index (κ3) is 5.12. The maximum atomic E-state index is 13.4. The number of carbonyl (C=O) groups excluding carboxylic acids is 1. The summed E-state index contributed by atoms with van der Waals surface area (Å²) in [5, 5.41) is 0. The highest BCUT2D eigenvalue weighted by Crippen LogP contribution is 2.21. The molecule has 2 aromatic rings. The summed E-state index contributed by atoms with van der Waals surface area (Å²) in [6.45, 7) is 3.17. The van der Waals surface area contributed by atoms with Gasteiger partial charge in [0, 0.05) is 43.2 Å². The molecule has 0 N–H and O–H groups in total. The second-order valence-corrected chi connectivity index (χ2v) is 9.76. The molecule has 1 fully saturated rings. The van der Waals surface area contributed by atoms with Crippen molar-refractivity contribution in [3.05, 3.63) is 59.9 Å². The third-order valence-electron chi connectivity index (χ3n) is 4.63. The Labute approximate surface area is 169 Å². The molecule has 0 unspecified atom stereocenters. The summed E-state index contributed by atoms with van der Waals surface area (Å²) in [6.07, 6.45) is 0.412. The van der Waals surface area contributed by atoms with Gasteiger partial charge in [0.25, 0.3) is 0 Å². The molecular weight excluding hydrogens is 399 g/mol. The molecule has 0 bridgehead atoms. The van der Waals surface area contributed by atoms with Gasteiger partial charge in [-0.3, -0.25) is 4.79 Å².